The third-order valence-corrected chi connectivity index (χ3v) is 6.02. The average molecular weight is 483 g/mol. The summed E-state index contributed by atoms with van der Waals surface area (Å²) in [6.45, 7) is 7.64. The molecule has 0 aliphatic carbocycles. The first-order valence-corrected chi connectivity index (χ1v) is 11.7. The van der Waals surface area contributed by atoms with Gasteiger partial charge in [0, 0.05) is 31.2 Å². The number of hydrogen-bond donors (Lipinski definition) is 0. The van der Waals surface area contributed by atoms with Crippen molar-refractivity contribution in [2.45, 2.75) is 45.8 Å². The van der Waals surface area contributed by atoms with E-state index in [9.17, 15) is 9.18 Å². The van der Waals surface area contributed by atoms with Gasteiger partial charge in [0.1, 0.15) is 11.6 Å². The summed E-state index contributed by atoms with van der Waals surface area (Å²) in [6.07, 6.45) is 0.663. The van der Waals surface area contributed by atoms with E-state index in [-0.39, 0.29) is 23.0 Å². The number of ether oxygens (including phenoxy) is 2. The highest BCUT2D eigenvalue weighted by molar-refractivity contribution is 5.91. The minimum Gasteiger partial charge on any atom is -0.493 e. The van der Waals surface area contributed by atoms with Gasteiger partial charge in [-0.05, 0) is 63.1 Å². The molecule has 0 saturated heterocycles. The van der Waals surface area contributed by atoms with Gasteiger partial charge in [0.05, 0.1) is 20.8 Å². The van der Waals surface area contributed by atoms with E-state index < -0.39 is 0 Å². The van der Waals surface area contributed by atoms with Gasteiger partial charge in [0.25, 0.3) is 5.91 Å². The lowest BCUT2D eigenvalue weighted by Crippen LogP contribution is -2.40. The van der Waals surface area contributed by atoms with Crippen molar-refractivity contribution in [3.05, 3.63) is 83.1 Å². The second-order valence-corrected chi connectivity index (χ2v) is 9.55. The SMILES string of the molecule is COc1ccc(CCN(C)C(=O)c2ccc(CN(Cc3ccccc3F)C(C)(C)C)o2)cc1OC. The highest BCUT2D eigenvalue weighted by Gasteiger charge is 2.25. The van der Waals surface area contributed by atoms with Gasteiger partial charge < -0.3 is 18.8 Å². The van der Waals surface area contributed by atoms with E-state index in [1.165, 1.54) is 6.07 Å². The number of carbonyl (C=O) groups is 1. The monoisotopic (exact) mass is 482 g/mol. The number of rotatable bonds is 10. The number of halogens is 1. The molecule has 35 heavy (non-hydrogen) atoms. The molecule has 1 amide bonds. The Morgan fingerprint density at radius 2 is 1.69 bits per heavy atom. The quantitative estimate of drug-likeness (QED) is 0.379. The van der Waals surface area contributed by atoms with E-state index in [4.69, 9.17) is 13.9 Å². The number of likely N-dealkylation sites (N-methyl/N-ethyl adjacent to an activating group) is 1. The molecule has 0 unspecified atom stereocenters. The van der Waals surface area contributed by atoms with Crippen LogP contribution in [0.2, 0.25) is 0 Å². The number of methoxy groups -OCH3 is 2. The number of furan rings is 1. The van der Waals surface area contributed by atoms with Gasteiger partial charge in [0.2, 0.25) is 0 Å². The average Bonchev–Trinajstić information content (AvgIpc) is 3.30. The molecule has 0 spiro atoms. The maximum atomic E-state index is 14.2. The summed E-state index contributed by atoms with van der Waals surface area (Å²) in [7, 11) is 4.95. The molecule has 188 valence electrons. The summed E-state index contributed by atoms with van der Waals surface area (Å²) in [6, 6.07) is 16.0. The fraction of sp³-hybridized carbons (Fsp3) is 0.393. The van der Waals surface area contributed by atoms with Crippen molar-refractivity contribution in [1.82, 2.24) is 9.80 Å². The summed E-state index contributed by atoms with van der Waals surface area (Å²) in [5.41, 5.74) is 1.44. The predicted molar refractivity (Wildman–Crippen MR) is 134 cm³/mol. The van der Waals surface area contributed by atoms with Crippen LogP contribution in [0.1, 0.15) is 48.2 Å². The maximum Gasteiger partial charge on any atom is 0.289 e. The molecule has 3 rings (SSSR count). The number of carbonyl (C=O) groups excluding carboxylic acids is 1. The molecule has 6 nitrogen and oxygen atoms in total. The van der Waals surface area contributed by atoms with Crippen LogP contribution in [-0.4, -0.2) is 49.1 Å². The van der Waals surface area contributed by atoms with Crippen LogP contribution in [0.5, 0.6) is 11.5 Å². The van der Waals surface area contributed by atoms with E-state index in [2.05, 4.69) is 25.7 Å². The Morgan fingerprint density at radius 1 is 0.971 bits per heavy atom. The minimum atomic E-state index is -0.229. The van der Waals surface area contributed by atoms with E-state index >= 15 is 0 Å². The smallest absolute Gasteiger partial charge is 0.289 e. The molecule has 1 aromatic heterocycles. The molecule has 1 heterocycles. The van der Waals surface area contributed by atoms with Crippen molar-refractivity contribution in [2.24, 2.45) is 0 Å². The molecule has 0 N–H and O–H groups in total. The van der Waals surface area contributed by atoms with Crippen LogP contribution in [0.15, 0.2) is 59.0 Å². The molecule has 3 aromatic rings. The molecular formula is C28H35FN2O4. The molecular weight excluding hydrogens is 447 g/mol. The second kappa shape index (κ2) is 11.4. The zero-order valence-electron chi connectivity index (χ0n) is 21.4. The van der Waals surface area contributed by atoms with Crippen LogP contribution in [0.3, 0.4) is 0 Å². The standard InChI is InChI=1S/C28H35FN2O4/c1-28(2,3)31(18-21-9-7-8-10-23(21)29)19-22-12-14-25(35-22)27(32)30(4)16-15-20-11-13-24(33-5)26(17-20)34-6/h7-14,17H,15-16,18-19H2,1-6H3. The Kier molecular flexibility index (Phi) is 8.57. The number of nitrogens with zero attached hydrogens (tertiary/aromatic N) is 2. The van der Waals surface area contributed by atoms with Crippen LogP contribution >= 0.6 is 0 Å². The van der Waals surface area contributed by atoms with Crippen molar-refractivity contribution < 1.29 is 23.1 Å². The predicted octanol–water partition coefficient (Wildman–Crippen LogP) is 5.55. The Morgan fingerprint density at radius 3 is 2.34 bits per heavy atom. The van der Waals surface area contributed by atoms with E-state index in [1.807, 2.05) is 30.3 Å². The summed E-state index contributed by atoms with van der Waals surface area (Å²) in [4.78, 5) is 16.7. The van der Waals surface area contributed by atoms with Gasteiger partial charge in [-0.3, -0.25) is 9.69 Å². The molecule has 0 atom stereocenters. The van der Waals surface area contributed by atoms with E-state index in [1.54, 1.807) is 44.4 Å². The fourth-order valence-corrected chi connectivity index (χ4v) is 3.75. The molecule has 0 saturated carbocycles. The fourth-order valence-electron chi connectivity index (χ4n) is 3.75. The second-order valence-electron chi connectivity index (χ2n) is 9.55. The molecule has 7 heteroatoms. The normalized spacial score (nSPS) is 11.5. The minimum absolute atomic E-state index is 0.187. The Hall–Kier alpha value is -3.32. The van der Waals surface area contributed by atoms with Crippen molar-refractivity contribution in [1.29, 1.82) is 0 Å². The van der Waals surface area contributed by atoms with Crippen molar-refractivity contribution in [2.75, 3.05) is 27.8 Å². The van der Waals surface area contributed by atoms with Crippen LogP contribution in [0.25, 0.3) is 0 Å². The zero-order chi connectivity index (χ0) is 25.6. The van der Waals surface area contributed by atoms with Gasteiger partial charge in [0.15, 0.2) is 17.3 Å². The third-order valence-electron chi connectivity index (χ3n) is 6.02. The lowest BCUT2D eigenvalue weighted by atomic mass is 10.0. The van der Waals surface area contributed by atoms with Gasteiger partial charge in [-0.1, -0.05) is 24.3 Å². The molecule has 0 aliphatic rings. The summed E-state index contributed by atoms with van der Waals surface area (Å²) >= 11 is 0. The van der Waals surface area contributed by atoms with Gasteiger partial charge >= 0.3 is 0 Å². The van der Waals surface area contributed by atoms with Crippen molar-refractivity contribution in [3.63, 3.8) is 0 Å². The summed E-state index contributed by atoms with van der Waals surface area (Å²) in [5.74, 6) is 1.86. The molecule has 0 fully saturated rings. The lowest BCUT2D eigenvalue weighted by molar-refractivity contribution is 0.0752. The first-order chi connectivity index (χ1) is 16.6. The summed E-state index contributed by atoms with van der Waals surface area (Å²) < 4.78 is 30.8. The molecule has 0 radical (unpaired) electrons. The van der Waals surface area contributed by atoms with Crippen LogP contribution in [0.4, 0.5) is 4.39 Å². The van der Waals surface area contributed by atoms with Crippen LogP contribution < -0.4 is 9.47 Å². The lowest BCUT2D eigenvalue weighted by Gasteiger charge is -2.35. The molecule has 0 aliphatic heterocycles. The Balaban J connectivity index is 1.64. The van der Waals surface area contributed by atoms with Gasteiger partial charge in [-0.25, -0.2) is 4.39 Å². The zero-order valence-corrected chi connectivity index (χ0v) is 21.4. The molecule has 2 aromatic carbocycles. The van der Waals surface area contributed by atoms with Crippen LogP contribution in [-0.2, 0) is 19.5 Å². The Labute approximate surface area is 207 Å². The van der Waals surface area contributed by atoms with Crippen molar-refractivity contribution >= 4 is 5.91 Å². The number of benzene rings is 2. The van der Waals surface area contributed by atoms with Gasteiger partial charge in [-0.15, -0.1) is 0 Å². The largest absolute Gasteiger partial charge is 0.493 e. The number of hydrogen-bond acceptors (Lipinski definition) is 5. The first kappa shape index (κ1) is 26.3. The van der Waals surface area contributed by atoms with Crippen LogP contribution in [0, 0.1) is 5.82 Å². The Bertz CT molecular complexity index is 1140. The highest BCUT2D eigenvalue weighted by atomic mass is 19.1. The van der Waals surface area contributed by atoms with Crippen molar-refractivity contribution in [3.8, 4) is 11.5 Å². The van der Waals surface area contributed by atoms with E-state index in [0.717, 1.165) is 5.56 Å². The maximum absolute atomic E-state index is 14.2. The highest BCUT2D eigenvalue weighted by Crippen LogP contribution is 2.28. The summed E-state index contributed by atoms with van der Waals surface area (Å²) in [5, 5.41) is 0. The van der Waals surface area contributed by atoms with E-state index in [0.29, 0.717) is 48.9 Å². The van der Waals surface area contributed by atoms with Gasteiger partial charge in [-0.2, -0.15) is 0 Å². The third kappa shape index (κ3) is 6.85. The first-order valence-electron chi connectivity index (χ1n) is 11.7. The number of amides is 1. The molecule has 0 bridgehead atoms. The topological polar surface area (TPSA) is 55.2 Å².